The molecular formula is C21H29NO. The molecule has 124 valence electrons. The standard InChI is InChI=1S/C21H29NO/c1-20-12-9-19-17(18(20)8-6-15(20)10-13-22)7-5-16-4-2-3-11-21(16,19)14-23/h4,10,17-19,23H,2-3,5-9,11-12,14H2,1H3/b15-10-/t17-,18-,19-,20+,21+/m0/s1. The third-order valence-corrected chi connectivity index (χ3v) is 8.12. The predicted molar refractivity (Wildman–Crippen MR) is 91.4 cm³/mol. The molecule has 0 unspecified atom stereocenters. The van der Waals surface area contributed by atoms with E-state index in [0.29, 0.717) is 12.5 Å². The van der Waals surface area contributed by atoms with E-state index < -0.39 is 0 Å². The van der Waals surface area contributed by atoms with Crippen LogP contribution in [0.15, 0.2) is 23.3 Å². The summed E-state index contributed by atoms with van der Waals surface area (Å²) in [4.78, 5) is 0. The second-order valence-corrected chi connectivity index (χ2v) is 8.64. The Hall–Kier alpha value is -1.07. The largest absolute Gasteiger partial charge is 0.395 e. The first kappa shape index (κ1) is 15.5. The van der Waals surface area contributed by atoms with Crippen molar-refractivity contribution in [2.24, 2.45) is 28.6 Å². The summed E-state index contributed by atoms with van der Waals surface area (Å²) < 4.78 is 0. The van der Waals surface area contributed by atoms with Crippen LogP contribution in [0.3, 0.4) is 0 Å². The molecule has 3 fully saturated rings. The summed E-state index contributed by atoms with van der Waals surface area (Å²) in [6.45, 7) is 2.77. The van der Waals surface area contributed by atoms with Crippen LogP contribution >= 0.6 is 0 Å². The van der Waals surface area contributed by atoms with Gasteiger partial charge in [0.1, 0.15) is 0 Å². The van der Waals surface area contributed by atoms with E-state index in [1.807, 2.05) is 6.08 Å². The first-order valence-corrected chi connectivity index (χ1v) is 9.55. The van der Waals surface area contributed by atoms with Crippen molar-refractivity contribution in [3.63, 3.8) is 0 Å². The van der Waals surface area contributed by atoms with E-state index in [1.54, 1.807) is 5.57 Å². The molecule has 0 radical (unpaired) electrons. The van der Waals surface area contributed by atoms with Crippen LogP contribution in [-0.4, -0.2) is 11.7 Å². The fourth-order valence-electron chi connectivity index (χ4n) is 6.99. The summed E-state index contributed by atoms with van der Waals surface area (Å²) in [6.07, 6.45) is 15.3. The molecule has 2 heteroatoms. The number of rotatable bonds is 1. The van der Waals surface area contributed by atoms with E-state index in [-0.39, 0.29) is 10.8 Å². The molecule has 0 heterocycles. The molecule has 0 aromatic heterocycles. The first-order valence-electron chi connectivity index (χ1n) is 9.55. The SMILES string of the molecule is C[C@]12CC[C@H]3[C@@H](CCC4=CCCC[C@@]43CO)[C@@H]1CC/C2=C/C#N. The molecule has 4 aliphatic carbocycles. The minimum atomic E-state index is 0.101. The second kappa shape index (κ2) is 5.49. The Labute approximate surface area is 140 Å². The fraction of sp³-hybridized carbons (Fsp3) is 0.762. The van der Waals surface area contributed by atoms with Crippen molar-refractivity contribution in [3.05, 3.63) is 23.3 Å². The number of nitriles is 1. The molecule has 4 rings (SSSR count). The van der Waals surface area contributed by atoms with Gasteiger partial charge in [0.25, 0.3) is 0 Å². The highest BCUT2D eigenvalue weighted by atomic mass is 16.3. The van der Waals surface area contributed by atoms with Gasteiger partial charge in [0.2, 0.25) is 0 Å². The van der Waals surface area contributed by atoms with Gasteiger partial charge in [0.05, 0.1) is 12.7 Å². The van der Waals surface area contributed by atoms with E-state index >= 15 is 0 Å². The van der Waals surface area contributed by atoms with Crippen molar-refractivity contribution in [1.29, 1.82) is 5.26 Å². The quantitative estimate of drug-likeness (QED) is 0.560. The Bertz CT molecular complexity index is 597. The van der Waals surface area contributed by atoms with Crippen molar-refractivity contribution in [2.45, 2.75) is 64.7 Å². The summed E-state index contributed by atoms with van der Waals surface area (Å²) in [6, 6.07) is 2.29. The third-order valence-electron chi connectivity index (χ3n) is 8.12. The highest BCUT2D eigenvalue weighted by Gasteiger charge is 2.58. The van der Waals surface area contributed by atoms with Crippen molar-refractivity contribution >= 4 is 0 Å². The van der Waals surface area contributed by atoms with Gasteiger partial charge in [-0.25, -0.2) is 0 Å². The average molecular weight is 311 g/mol. The van der Waals surface area contributed by atoms with E-state index in [9.17, 15) is 5.11 Å². The molecule has 4 aliphatic rings. The summed E-state index contributed by atoms with van der Waals surface area (Å²) in [7, 11) is 0. The first-order chi connectivity index (χ1) is 11.2. The van der Waals surface area contributed by atoms with E-state index in [4.69, 9.17) is 5.26 Å². The highest BCUT2D eigenvalue weighted by molar-refractivity contribution is 5.31. The minimum absolute atomic E-state index is 0.101. The second-order valence-electron chi connectivity index (χ2n) is 8.64. The van der Waals surface area contributed by atoms with Crippen LogP contribution in [0.5, 0.6) is 0 Å². The van der Waals surface area contributed by atoms with Gasteiger partial charge in [-0.2, -0.15) is 5.26 Å². The fourth-order valence-corrected chi connectivity index (χ4v) is 6.99. The maximum Gasteiger partial charge on any atom is 0.0911 e. The smallest absolute Gasteiger partial charge is 0.0911 e. The van der Waals surface area contributed by atoms with Crippen LogP contribution in [0.25, 0.3) is 0 Å². The molecule has 0 aromatic rings. The number of aliphatic hydroxyl groups excluding tert-OH is 1. The highest BCUT2D eigenvalue weighted by Crippen LogP contribution is 2.66. The van der Waals surface area contributed by atoms with Gasteiger partial charge in [-0.3, -0.25) is 0 Å². The van der Waals surface area contributed by atoms with Crippen LogP contribution in [-0.2, 0) is 0 Å². The van der Waals surface area contributed by atoms with Gasteiger partial charge in [-0.05, 0) is 81.0 Å². The number of allylic oxidation sites excluding steroid dienone is 3. The normalized spacial score (nSPS) is 47.3. The predicted octanol–water partition coefficient (Wildman–Crippen LogP) is 4.76. The lowest BCUT2D eigenvalue weighted by Gasteiger charge is -2.58. The summed E-state index contributed by atoms with van der Waals surface area (Å²) >= 11 is 0. The third kappa shape index (κ3) is 2.02. The average Bonchev–Trinajstić information content (AvgIpc) is 2.91. The Kier molecular flexibility index (Phi) is 3.69. The summed E-state index contributed by atoms with van der Waals surface area (Å²) in [5, 5.41) is 19.5. The van der Waals surface area contributed by atoms with Crippen molar-refractivity contribution < 1.29 is 5.11 Å². The van der Waals surface area contributed by atoms with Gasteiger partial charge in [0.15, 0.2) is 0 Å². The Morgan fingerprint density at radius 1 is 1.26 bits per heavy atom. The van der Waals surface area contributed by atoms with Gasteiger partial charge >= 0.3 is 0 Å². The molecule has 3 saturated carbocycles. The molecule has 0 bridgehead atoms. The molecule has 0 aromatic carbocycles. The van der Waals surface area contributed by atoms with Crippen molar-refractivity contribution in [3.8, 4) is 6.07 Å². The van der Waals surface area contributed by atoms with Gasteiger partial charge < -0.3 is 5.11 Å². The van der Waals surface area contributed by atoms with Crippen LogP contribution in [0.4, 0.5) is 0 Å². The molecular weight excluding hydrogens is 282 g/mol. The lowest BCUT2D eigenvalue weighted by Crippen LogP contribution is -2.51. The molecule has 5 atom stereocenters. The van der Waals surface area contributed by atoms with Crippen LogP contribution in [0, 0.1) is 39.9 Å². The van der Waals surface area contributed by atoms with Crippen molar-refractivity contribution in [2.75, 3.05) is 6.61 Å². The minimum Gasteiger partial charge on any atom is -0.395 e. The zero-order valence-electron chi connectivity index (χ0n) is 14.4. The number of nitrogens with zero attached hydrogens (tertiary/aromatic N) is 1. The summed E-state index contributed by atoms with van der Waals surface area (Å²) in [5.74, 6) is 2.15. The maximum absolute atomic E-state index is 10.4. The molecule has 0 saturated heterocycles. The Morgan fingerprint density at radius 2 is 2.13 bits per heavy atom. The van der Waals surface area contributed by atoms with Gasteiger partial charge in [-0.1, -0.05) is 24.1 Å². The molecule has 0 amide bonds. The number of aliphatic hydroxyl groups is 1. The zero-order chi connectivity index (χ0) is 16.1. The summed E-state index contributed by atoms with van der Waals surface area (Å²) in [5.41, 5.74) is 3.35. The van der Waals surface area contributed by atoms with Crippen molar-refractivity contribution in [1.82, 2.24) is 0 Å². The topological polar surface area (TPSA) is 44.0 Å². The molecule has 2 nitrogen and oxygen atoms in total. The zero-order valence-corrected chi connectivity index (χ0v) is 14.4. The molecule has 23 heavy (non-hydrogen) atoms. The lowest BCUT2D eigenvalue weighted by molar-refractivity contribution is -0.0562. The van der Waals surface area contributed by atoms with Crippen LogP contribution in [0.2, 0.25) is 0 Å². The van der Waals surface area contributed by atoms with E-state index in [2.05, 4.69) is 19.1 Å². The Morgan fingerprint density at radius 3 is 2.91 bits per heavy atom. The van der Waals surface area contributed by atoms with Gasteiger partial charge in [-0.15, -0.1) is 0 Å². The van der Waals surface area contributed by atoms with Crippen LogP contribution in [0.1, 0.15) is 64.7 Å². The lowest BCUT2D eigenvalue weighted by atomic mass is 9.47. The number of hydrogen-bond donors (Lipinski definition) is 1. The van der Waals surface area contributed by atoms with Crippen LogP contribution < -0.4 is 0 Å². The maximum atomic E-state index is 10.4. The molecule has 0 spiro atoms. The van der Waals surface area contributed by atoms with E-state index in [0.717, 1.165) is 18.3 Å². The van der Waals surface area contributed by atoms with E-state index in [1.165, 1.54) is 56.9 Å². The molecule has 0 aliphatic heterocycles. The van der Waals surface area contributed by atoms with Gasteiger partial charge in [0, 0.05) is 11.5 Å². The Balaban J connectivity index is 1.70. The number of hydrogen-bond acceptors (Lipinski definition) is 2. The monoisotopic (exact) mass is 311 g/mol. The number of fused-ring (bicyclic) bond motifs is 5. The molecule has 1 N–H and O–H groups in total.